The summed E-state index contributed by atoms with van der Waals surface area (Å²) in [6.45, 7) is 21.8. The van der Waals surface area contributed by atoms with E-state index in [2.05, 4.69) is 74.9 Å². The first-order valence-corrected chi connectivity index (χ1v) is 26.6. The van der Waals surface area contributed by atoms with E-state index in [9.17, 15) is 23.0 Å². The first-order valence-electron chi connectivity index (χ1n) is 22.8. The number of hydrogen-bond acceptors (Lipinski definition) is 9. The molecule has 9 nitrogen and oxygen atoms in total. The second-order valence-electron chi connectivity index (χ2n) is 21.6. The van der Waals surface area contributed by atoms with Gasteiger partial charge >= 0.3 is 5.97 Å². The number of methoxy groups -OCH3 is 1. The Morgan fingerprint density at radius 3 is 2.09 bits per heavy atom. The molecule has 0 aromatic heterocycles. The van der Waals surface area contributed by atoms with Gasteiger partial charge in [0.05, 0.1) is 35.7 Å². The highest BCUT2D eigenvalue weighted by atomic mass is 32.3. The standard InChI is InChI=1S/C47H77N3O6S2/c1-33(32-50-26-30-58(54,55)31-27-50)36-14-19-47(48-22-23-49-24-28-57(52,53)29-25-49)21-20-45(5)38(41(36)47)12-13-40-44(4)17-15-37(34-8-10-35(11-9-34)42(51)56-7)43(2,3)39(44)16-18-46(40,45)6/h8-11,15,33,36,38-41,48,52-55H,12-14,16-32H2,1-7H3/t33?,36-,38+,39-,40+,41+,44-,45+,46+,47-/m0/s1. The van der Waals surface area contributed by atoms with Gasteiger partial charge in [-0.15, -0.1) is 0 Å². The molecule has 2 heterocycles. The van der Waals surface area contributed by atoms with E-state index in [-0.39, 0.29) is 33.2 Å². The molecule has 2 saturated heterocycles. The van der Waals surface area contributed by atoms with Gasteiger partial charge in [0, 0.05) is 51.4 Å². The zero-order valence-electron chi connectivity index (χ0n) is 36.8. The number of carbonyl (C=O) groups excluding carboxylic acids is 1. The summed E-state index contributed by atoms with van der Waals surface area (Å²) in [6.07, 6.45) is 13.8. The zero-order chi connectivity index (χ0) is 41.5. The summed E-state index contributed by atoms with van der Waals surface area (Å²) < 4.78 is 46.3. The quantitative estimate of drug-likeness (QED) is 0.155. The fourth-order valence-corrected chi connectivity index (χ4v) is 18.1. The van der Waals surface area contributed by atoms with Gasteiger partial charge in [-0.25, -0.2) is 4.79 Å². The number of carbonyl (C=O) groups is 1. The molecule has 8 rings (SSSR count). The maximum atomic E-state index is 12.2. The van der Waals surface area contributed by atoms with Crippen molar-refractivity contribution in [2.45, 2.75) is 105 Å². The van der Waals surface area contributed by atoms with Gasteiger partial charge in [-0.05, 0) is 138 Å². The molecule has 6 fully saturated rings. The molecule has 1 aromatic carbocycles. The van der Waals surface area contributed by atoms with Crippen molar-refractivity contribution < 1.29 is 27.7 Å². The van der Waals surface area contributed by atoms with E-state index in [1.807, 2.05) is 12.1 Å². The third-order valence-corrected chi connectivity index (χ3v) is 22.1. The Kier molecular flexibility index (Phi) is 11.7. The Morgan fingerprint density at radius 1 is 0.810 bits per heavy atom. The maximum Gasteiger partial charge on any atom is 0.337 e. The second-order valence-corrected chi connectivity index (χ2v) is 26.5. The molecule has 58 heavy (non-hydrogen) atoms. The van der Waals surface area contributed by atoms with E-state index in [0.29, 0.717) is 64.1 Å². The molecule has 2 aliphatic heterocycles. The lowest BCUT2D eigenvalue weighted by Gasteiger charge is -2.72. The smallest absolute Gasteiger partial charge is 0.337 e. The van der Waals surface area contributed by atoms with E-state index >= 15 is 0 Å². The summed E-state index contributed by atoms with van der Waals surface area (Å²) >= 11 is 0. The molecule has 1 aromatic rings. The number of rotatable bonds is 9. The normalized spacial score (nSPS) is 42.4. The number of benzene rings is 1. The lowest BCUT2D eigenvalue weighted by molar-refractivity contribution is -0.221. The number of fused-ring (bicyclic) bond motifs is 7. The largest absolute Gasteiger partial charge is 0.465 e. The van der Waals surface area contributed by atoms with Gasteiger partial charge in [0.15, 0.2) is 0 Å². The Balaban J connectivity index is 1.06. The van der Waals surface area contributed by atoms with E-state index in [0.717, 1.165) is 52.2 Å². The second kappa shape index (κ2) is 15.6. The molecule has 328 valence electrons. The van der Waals surface area contributed by atoms with Crippen LogP contribution in [0.1, 0.15) is 115 Å². The first kappa shape index (κ1) is 43.5. The average molecular weight is 844 g/mol. The van der Waals surface area contributed by atoms with Crippen LogP contribution in [0.2, 0.25) is 0 Å². The van der Waals surface area contributed by atoms with Gasteiger partial charge in [0.1, 0.15) is 0 Å². The summed E-state index contributed by atoms with van der Waals surface area (Å²) in [4.78, 5) is 17.2. The summed E-state index contributed by atoms with van der Waals surface area (Å²) in [5.41, 5.74) is 4.15. The minimum absolute atomic E-state index is 0.0175. The highest BCUT2D eigenvalue weighted by Crippen LogP contribution is 2.76. The van der Waals surface area contributed by atoms with Crippen LogP contribution in [-0.2, 0) is 4.74 Å². The molecule has 0 spiro atoms. The third kappa shape index (κ3) is 7.38. The minimum atomic E-state index is -2.41. The highest BCUT2D eigenvalue weighted by molar-refractivity contribution is 8.24. The summed E-state index contributed by atoms with van der Waals surface area (Å²) in [5.74, 6) is 5.47. The van der Waals surface area contributed by atoms with Crippen LogP contribution in [-0.4, -0.2) is 115 Å². The molecule has 4 saturated carbocycles. The molecule has 10 atom stereocenters. The van der Waals surface area contributed by atoms with E-state index in [4.69, 9.17) is 4.74 Å². The summed E-state index contributed by atoms with van der Waals surface area (Å²) in [5, 5.41) is 4.33. The van der Waals surface area contributed by atoms with Crippen molar-refractivity contribution in [1.29, 1.82) is 0 Å². The monoisotopic (exact) mass is 844 g/mol. The number of esters is 1. The number of nitrogens with one attached hydrogen (secondary N) is 1. The van der Waals surface area contributed by atoms with Crippen LogP contribution in [0, 0.1) is 57.2 Å². The molecule has 11 heteroatoms. The molecule has 0 radical (unpaired) electrons. The van der Waals surface area contributed by atoms with Crippen molar-refractivity contribution in [3.63, 3.8) is 0 Å². The Bertz CT molecular complexity index is 1700. The predicted molar refractivity (Wildman–Crippen MR) is 241 cm³/mol. The van der Waals surface area contributed by atoms with Gasteiger partial charge in [-0.3, -0.25) is 28.0 Å². The highest BCUT2D eigenvalue weighted by Gasteiger charge is 2.70. The lowest BCUT2D eigenvalue weighted by Crippen LogP contribution is -2.68. The molecular formula is C47H77N3O6S2. The number of ether oxygens (including phenoxy) is 1. The number of nitrogens with zero attached hydrogens (tertiary/aromatic N) is 2. The molecular weight excluding hydrogens is 767 g/mol. The summed E-state index contributed by atoms with van der Waals surface area (Å²) in [6, 6.07) is 8.11. The number of hydrogen-bond donors (Lipinski definition) is 5. The SMILES string of the molecule is COC(=O)c1ccc(C2=CC[C@]3(C)[C@H]4CC[C@@H]5[C@H]6[C@H](C(C)CN7CCS(O)(O)CC7)CC[C@]6(NCCN6CCS(O)(O)CC6)CC[C@@]5(C)[C@]4(C)CC[C@H]3C2(C)C)cc1. The zero-order valence-corrected chi connectivity index (χ0v) is 38.4. The minimum Gasteiger partial charge on any atom is -0.465 e. The fourth-order valence-electron chi connectivity index (χ4n) is 15.5. The van der Waals surface area contributed by atoms with Crippen molar-refractivity contribution in [2.75, 3.05) is 75.9 Å². The number of allylic oxidation sites excluding steroid dienone is 2. The van der Waals surface area contributed by atoms with Crippen molar-refractivity contribution in [3.8, 4) is 0 Å². The van der Waals surface area contributed by atoms with Crippen molar-refractivity contribution in [3.05, 3.63) is 41.5 Å². The van der Waals surface area contributed by atoms with Crippen molar-refractivity contribution in [1.82, 2.24) is 15.1 Å². The van der Waals surface area contributed by atoms with E-state index in [1.54, 1.807) is 0 Å². The molecule has 1 unspecified atom stereocenters. The van der Waals surface area contributed by atoms with Gasteiger partial charge in [-0.2, -0.15) is 21.2 Å². The van der Waals surface area contributed by atoms with E-state index in [1.165, 1.54) is 69.6 Å². The average Bonchev–Trinajstić information content (AvgIpc) is 3.56. The van der Waals surface area contributed by atoms with Gasteiger partial charge < -0.3 is 10.1 Å². The maximum absolute atomic E-state index is 12.2. The Hall–Kier alpha value is -1.15. The Labute approximate surface area is 353 Å². The van der Waals surface area contributed by atoms with Gasteiger partial charge in [0.2, 0.25) is 0 Å². The van der Waals surface area contributed by atoms with Crippen LogP contribution in [0.3, 0.4) is 0 Å². The molecule has 0 bridgehead atoms. The topological polar surface area (TPSA) is 126 Å². The lowest BCUT2D eigenvalue weighted by atomic mass is 9.33. The first-order chi connectivity index (χ1) is 27.3. The van der Waals surface area contributed by atoms with Gasteiger partial charge in [-0.1, -0.05) is 59.8 Å². The fraction of sp³-hybridized carbons (Fsp3) is 0.809. The third-order valence-electron chi connectivity index (χ3n) is 18.8. The van der Waals surface area contributed by atoms with Crippen LogP contribution in [0.5, 0.6) is 0 Å². The van der Waals surface area contributed by atoms with Crippen molar-refractivity contribution in [2.24, 2.45) is 57.2 Å². The summed E-state index contributed by atoms with van der Waals surface area (Å²) in [7, 11) is -3.37. The van der Waals surface area contributed by atoms with Crippen LogP contribution >= 0.6 is 21.2 Å². The molecule has 0 amide bonds. The predicted octanol–water partition coefficient (Wildman–Crippen LogP) is 9.66. The molecule has 5 aliphatic carbocycles. The van der Waals surface area contributed by atoms with Crippen molar-refractivity contribution >= 4 is 32.7 Å². The van der Waals surface area contributed by atoms with Crippen LogP contribution in [0.4, 0.5) is 0 Å². The van der Waals surface area contributed by atoms with Crippen LogP contribution in [0.15, 0.2) is 30.3 Å². The van der Waals surface area contributed by atoms with Gasteiger partial charge in [0.25, 0.3) is 0 Å². The van der Waals surface area contributed by atoms with Crippen LogP contribution < -0.4 is 5.32 Å². The molecule has 5 N–H and O–H groups in total. The van der Waals surface area contributed by atoms with Crippen LogP contribution in [0.25, 0.3) is 5.57 Å². The van der Waals surface area contributed by atoms with E-state index < -0.39 is 21.2 Å². The molecule has 7 aliphatic rings. The Morgan fingerprint density at radius 2 is 1.45 bits per heavy atom.